The second kappa shape index (κ2) is 7.54. The quantitative estimate of drug-likeness (QED) is 0.456. The summed E-state index contributed by atoms with van der Waals surface area (Å²) in [6.07, 6.45) is 5.38. The molecule has 5 heterocycles. The van der Waals surface area contributed by atoms with Gasteiger partial charge in [-0.25, -0.2) is 13.9 Å². The lowest BCUT2D eigenvalue weighted by molar-refractivity contribution is 0.131. The first-order valence-corrected chi connectivity index (χ1v) is 9.83. The van der Waals surface area contributed by atoms with Crippen molar-refractivity contribution in [3.63, 3.8) is 0 Å². The molecule has 9 nitrogen and oxygen atoms in total. The molecule has 0 aliphatic carbocycles. The van der Waals surface area contributed by atoms with Crippen LogP contribution >= 0.6 is 0 Å². The number of H-pyrrole nitrogens is 1. The SMILES string of the molecule is N[C@H]1CCN(c2ccc(-c3cc(OCCF)cn4nc5[nH]ncc5c34)cn2)C[C@H]1O. The third-order valence-corrected chi connectivity index (χ3v) is 5.47. The van der Waals surface area contributed by atoms with Crippen LogP contribution in [0.15, 0.2) is 36.8 Å². The van der Waals surface area contributed by atoms with E-state index in [1.807, 2.05) is 23.1 Å². The van der Waals surface area contributed by atoms with Gasteiger partial charge in [-0.15, -0.1) is 5.10 Å². The molecule has 1 fully saturated rings. The lowest BCUT2D eigenvalue weighted by Crippen LogP contribution is -2.50. The Morgan fingerprint density at radius 2 is 2.23 bits per heavy atom. The van der Waals surface area contributed by atoms with E-state index in [1.54, 1.807) is 23.1 Å². The summed E-state index contributed by atoms with van der Waals surface area (Å²) in [5.74, 6) is 1.30. The van der Waals surface area contributed by atoms with Crippen LogP contribution in [0.5, 0.6) is 5.75 Å². The summed E-state index contributed by atoms with van der Waals surface area (Å²) in [6.45, 7) is 0.614. The minimum absolute atomic E-state index is 0.0255. The van der Waals surface area contributed by atoms with Crippen molar-refractivity contribution in [1.29, 1.82) is 0 Å². The van der Waals surface area contributed by atoms with Gasteiger partial charge in [0.05, 0.1) is 29.4 Å². The summed E-state index contributed by atoms with van der Waals surface area (Å²) < 4.78 is 19.8. The van der Waals surface area contributed by atoms with E-state index in [9.17, 15) is 9.50 Å². The molecule has 10 heteroatoms. The van der Waals surface area contributed by atoms with Crippen molar-refractivity contribution in [1.82, 2.24) is 24.8 Å². The van der Waals surface area contributed by atoms with Gasteiger partial charge in [-0.2, -0.15) is 5.10 Å². The molecule has 5 rings (SSSR count). The van der Waals surface area contributed by atoms with E-state index in [1.165, 1.54) is 0 Å². The summed E-state index contributed by atoms with van der Waals surface area (Å²) in [7, 11) is 0. The topological polar surface area (TPSA) is 118 Å². The Hall–Kier alpha value is -3.24. The number of aromatic amines is 1. The molecular formula is C20H22FN7O2. The van der Waals surface area contributed by atoms with Crippen LogP contribution in [0, 0.1) is 0 Å². The number of β-amino-alcohol motifs (C(OH)–C–C–N with tert-alkyl or cyclic N) is 1. The minimum atomic E-state index is -0.571. The third-order valence-electron chi connectivity index (χ3n) is 5.47. The Balaban J connectivity index is 1.54. The van der Waals surface area contributed by atoms with Gasteiger partial charge in [0.15, 0.2) is 5.65 Å². The fourth-order valence-corrected chi connectivity index (χ4v) is 3.89. The summed E-state index contributed by atoms with van der Waals surface area (Å²) in [4.78, 5) is 6.64. The zero-order valence-corrected chi connectivity index (χ0v) is 16.2. The molecule has 4 aromatic rings. The second-order valence-electron chi connectivity index (χ2n) is 7.42. The van der Waals surface area contributed by atoms with Gasteiger partial charge in [0.2, 0.25) is 0 Å². The van der Waals surface area contributed by atoms with E-state index < -0.39 is 12.8 Å². The number of halogens is 1. The molecule has 0 bridgehead atoms. The van der Waals surface area contributed by atoms with Gasteiger partial charge in [-0.3, -0.25) is 5.10 Å². The molecule has 0 amide bonds. The van der Waals surface area contributed by atoms with Crippen LogP contribution in [-0.2, 0) is 0 Å². The van der Waals surface area contributed by atoms with Crippen molar-refractivity contribution in [3.05, 3.63) is 36.8 Å². The number of ether oxygens (including phenoxy) is 1. The molecule has 4 N–H and O–H groups in total. The van der Waals surface area contributed by atoms with Crippen LogP contribution in [0.3, 0.4) is 0 Å². The Labute approximate surface area is 171 Å². The molecule has 1 aliphatic rings. The molecule has 2 atom stereocenters. The van der Waals surface area contributed by atoms with Gasteiger partial charge >= 0.3 is 0 Å². The van der Waals surface area contributed by atoms with Gasteiger partial charge in [-0.05, 0) is 24.6 Å². The number of piperidine rings is 1. The number of rotatable bonds is 5. The van der Waals surface area contributed by atoms with Gasteiger partial charge in [0.1, 0.15) is 24.8 Å². The highest BCUT2D eigenvalue weighted by molar-refractivity contribution is 6.00. The summed E-state index contributed by atoms with van der Waals surface area (Å²) in [5, 5.41) is 22.4. The lowest BCUT2D eigenvalue weighted by Gasteiger charge is -2.34. The van der Waals surface area contributed by atoms with Crippen LogP contribution in [-0.4, -0.2) is 68.4 Å². The second-order valence-corrected chi connectivity index (χ2v) is 7.42. The van der Waals surface area contributed by atoms with Crippen LogP contribution in [0.4, 0.5) is 10.2 Å². The number of aliphatic hydroxyl groups excluding tert-OH is 1. The normalized spacial score (nSPS) is 19.6. The monoisotopic (exact) mass is 411 g/mol. The number of fused-ring (bicyclic) bond motifs is 3. The van der Waals surface area contributed by atoms with Crippen molar-refractivity contribution in [2.45, 2.75) is 18.6 Å². The molecule has 4 aromatic heterocycles. The molecule has 0 spiro atoms. The Kier molecular flexibility index (Phi) is 4.72. The third kappa shape index (κ3) is 3.23. The van der Waals surface area contributed by atoms with Crippen LogP contribution in [0.2, 0.25) is 0 Å². The van der Waals surface area contributed by atoms with E-state index in [0.29, 0.717) is 24.4 Å². The standard InChI is InChI=1S/C20H22FN7O2/c21-4-6-30-13-7-14(19-15-9-24-25-20(15)26-28(19)10-13)12-1-2-18(23-8-12)27-5-3-16(22)17(29)11-27/h1-2,7-10,16-17,29H,3-6,11,22H2,(H,25,26)/t16-,17+/m0/s1. The van der Waals surface area contributed by atoms with E-state index in [0.717, 1.165) is 34.4 Å². The molecule has 0 unspecified atom stereocenters. The number of anilines is 1. The highest BCUT2D eigenvalue weighted by Gasteiger charge is 2.25. The van der Waals surface area contributed by atoms with Gasteiger partial charge in [-0.1, -0.05) is 0 Å². The fourth-order valence-electron chi connectivity index (χ4n) is 3.89. The number of nitrogens with zero attached hydrogens (tertiary/aromatic N) is 5. The Morgan fingerprint density at radius 3 is 3.00 bits per heavy atom. The number of hydrogen-bond acceptors (Lipinski definition) is 7. The molecular weight excluding hydrogens is 389 g/mol. The number of hydrogen-bond donors (Lipinski definition) is 3. The maximum absolute atomic E-state index is 12.6. The van der Waals surface area contributed by atoms with Crippen molar-refractivity contribution in [3.8, 4) is 16.9 Å². The van der Waals surface area contributed by atoms with Crippen LogP contribution < -0.4 is 15.4 Å². The first-order valence-electron chi connectivity index (χ1n) is 9.83. The van der Waals surface area contributed by atoms with Crippen molar-refractivity contribution in [2.75, 3.05) is 31.3 Å². The molecule has 0 saturated carbocycles. The average Bonchev–Trinajstić information content (AvgIpc) is 3.35. The first-order chi connectivity index (χ1) is 14.6. The molecule has 30 heavy (non-hydrogen) atoms. The molecule has 1 aliphatic heterocycles. The van der Waals surface area contributed by atoms with Crippen molar-refractivity contribution in [2.24, 2.45) is 5.73 Å². The maximum Gasteiger partial charge on any atom is 0.178 e. The predicted molar refractivity (Wildman–Crippen MR) is 110 cm³/mol. The van der Waals surface area contributed by atoms with E-state index >= 15 is 0 Å². The molecule has 0 aromatic carbocycles. The van der Waals surface area contributed by atoms with Crippen molar-refractivity contribution >= 4 is 22.4 Å². The lowest BCUT2D eigenvalue weighted by atomic mass is 10.0. The van der Waals surface area contributed by atoms with Gasteiger partial charge in [0.25, 0.3) is 0 Å². The molecule has 1 saturated heterocycles. The zero-order valence-electron chi connectivity index (χ0n) is 16.2. The highest BCUT2D eigenvalue weighted by atomic mass is 19.1. The number of aromatic nitrogens is 5. The number of pyridine rings is 2. The van der Waals surface area contributed by atoms with Crippen LogP contribution in [0.25, 0.3) is 27.7 Å². The number of aliphatic hydroxyl groups is 1. The number of alkyl halides is 1. The van der Waals surface area contributed by atoms with Gasteiger partial charge < -0.3 is 20.5 Å². The van der Waals surface area contributed by atoms with Crippen molar-refractivity contribution < 1.29 is 14.2 Å². The van der Waals surface area contributed by atoms with E-state index in [2.05, 4.69) is 20.3 Å². The van der Waals surface area contributed by atoms with Gasteiger partial charge in [0, 0.05) is 36.5 Å². The Bertz CT molecular complexity index is 1170. The maximum atomic E-state index is 12.6. The minimum Gasteiger partial charge on any atom is -0.489 e. The highest BCUT2D eigenvalue weighted by Crippen LogP contribution is 2.33. The van der Waals surface area contributed by atoms with Crippen LogP contribution in [0.1, 0.15) is 6.42 Å². The zero-order chi connectivity index (χ0) is 20.7. The number of nitrogens with one attached hydrogen (secondary N) is 1. The average molecular weight is 411 g/mol. The Morgan fingerprint density at radius 1 is 1.33 bits per heavy atom. The fraction of sp³-hybridized carbons (Fsp3) is 0.350. The molecule has 0 radical (unpaired) electrons. The summed E-state index contributed by atoms with van der Waals surface area (Å²) in [5.41, 5.74) is 9.14. The summed E-state index contributed by atoms with van der Waals surface area (Å²) >= 11 is 0. The summed E-state index contributed by atoms with van der Waals surface area (Å²) in [6, 6.07) is 5.56. The smallest absolute Gasteiger partial charge is 0.178 e. The largest absolute Gasteiger partial charge is 0.489 e. The van der Waals surface area contributed by atoms with E-state index in [4.69, 9.17) is 10.5 Å². The first kappa shape index (κ1) is 18.8. The predicted octanol–water partition coefficient (Wildman–Crippen LogP) is 1.52. The molecule has 156 valence electrons. The number of nitrogens with two attached hydrogens (primary N) is 1. The van der Waals surface area contributed by atoms with E-state index in [-0.39, 0.29) is 12.6 Å².